The molecule has 0 spiro atoms. The van der Waals surface area contributed by atoms with Gasteiger partial charge in [-0.25, -0.2) is 4.98 Å². The van der Waals surface area contributed by atoms with E-state index in [0.29, 0.717) is 5.82 Å². The molecule has 4 heteroatoms. The molecule has 0 atom stereocenters. The molecule has 0 bridgehead atoms. The lowest BCUT2D eigenvalue weighted by Crippen LogP contribution is -1.92. The Morgan fingerprint density at radius 1 is 0.789 bits per heavy atom. The van der Waals surface area contributed by atoms with Gasteiger partial charge in [-0.15, -0.1) is 10.2 Å². The Labute approximate surface area is 115 Å². The third-order valence-electron chi connectivity index (χ3n) is 2.67. The Morgan fingerprint density at radius 3 is 2.32 bits per heavy atom. The molecule has 0 aliphatic rings. The summed E-state index contributed by atoms with van der Waals surface area (Å²) in [4.78, 5) is 4.42. The van der Waals surface area contributed by atoms with E-state index in [9.17, 15) is 0 Å². The molecular weight excluding hydrogens is 258 g/mol. The van der Waals surface area contributed by atoms with Crippen molar-refractivity contribution in [2.45, 2.75) is 0 Å². The maximum absolute atomic E-state index is 5.84. The Bertz CT molecular complexity index is 736. The zero-order chi connectivity index (χ0) is 13.1. The summed E-state index contributed by atoms with van der Waals surface area (Å²) < 4.78 is 0. The van der Waals surface area contributed by atoms with Gasteiger partial charge >= 0.3 is 0 Å². The maximum atomic E-state index is 5.84. The van der Waals surface area contributed by atoms with Gasteiger partial charge < -0.3 is 0 Å². The highest BCUT2D eigenvalue weighted by atomic mass is 35.5. The molecule has 0 fully saturated rings. The molecule has 0 aliphatic heterocycles. The quantitative estimate of drug-likeness (QED) is 0.708. The molecule has 1 aromatic heterocycles. The summed E-state index contributed by atoms with van der Waals surface area (Å²) in [6.07, 6.45) is 3.77. The molecule has 0 saturated carbocycles. The van der Waals surface area contributed by atoms with E-state index in [1.807, 2.05) is 60.7 Å². The van der Waals surface area contributed by atoms with Crippen molar-refractivity contribution in [2.75, 3.05) is 0 Å². The molecule has 1 heterocycles. The monoisotopic (exact) mass is 267 g/mol. The predicted molar refractivity (Wildman–Crippen MR) is 77.7 cm³/mol. The minimum absolute atomic E-state index is 0.591. The molecule has 0 saturated heterocycles. The van der Waals surface area contributed by atoms with Crippen molar-refractivity contribution in [1.82, 2.24) is 15.2 Å². The van der Waals surface area contributed by atoms with Crippen LogP contribution in [0, 0.1) is 0 Å². The summed E-state index contributed by atoms with van der Waals surface area (Å²) in [5, 5.41) is 8.91. The van der Waals surface area contributed by atoms with Gasteiger partial charge in [0.05, 0.1) is 5.52 Å². The van der Waals surface area contributed by atoms with Crippen LogP contribution in [0.15, 0.2) is 48.5 Å². The summed E-state index contributed by atoms with van der Waals surface area (Å²) in [5.74, 6) is 0.591. The van der Waals surface area contributed by atoms with Crippen molar-refractivity contribution in [1.29, 1.82) is 0 Å². The van der Waals surface area contributed by atoms with E-state index in [4.69, 9.17) is 11.6 Å². The van der Waals surface area contributed by atoms with Crippen molar-refractivity contribution < 1.29 is 0 Å². The Hall–Kier alpha value is -2.26. The summed E-state index contributed by atoms with van der Waals surface area (Å²) in [6, 6.07) is 15.2. The Balaban J connectivity index is 1.90. The molecule has 3 rings (SSSR count). The molecule has 3 nitrogen and oxygen atoms in total. The van der Waals surface area contributed by atoms with E-state index in [1.54, 1.807) is 0 Å². The van der Waals surface area contributed by atoms with E-state index < -0.39 is 0 Å². The molecule has 19 heavy (non-hydrogen) atoms. The number of rotatable bonds is 2. The van der Waals surface area contributed by atoms with E-state index in [0.717, 1.165) is 21.6 Å². The van der Waals surface area contributed by atoms with Crippen LogP contribution in [0.3, 0.4) is 0 Å². The van der Waals surface area contributed by atoms with Gasteiger partial charge in [0.15, 0.2) is 5.82 Å². The lowest BCUT2D eigenvalue weighted by Gasteiger charge is -1.96. The second kappa shape index (κ2) is 5.16. The van der Waals surface area contributed by atoms with Gasteiger partial charge in [-0.1, -0.05) is 41.9 Å². The van der Waals surface area contributed by atoms with Gasteiger partial charge in [-0.3, -0.25) is 0 Å². The normalized spacial score (nSPS) is 11.2. The van der Waals surface area contributed by atoms with Crippen LogP contribution in [0.1, 0.15) is 11.4 Å². The Morgan fingerprint density at radius 2 is 1.53 bits per heavy atom. The van der Waals surface area contributed by atoms with Crippen LogP contribution in [0.25, 0.3) is 23.2 Å². The molecule has 92 valence electrons. The van der Waals surface area contributed by atoms with E-state index in [-0.39, 0.29) is 0 Å². The van der Waals surface area contributed by atoms with Crippen molar-refractivity contribution in [3.63, 3.8) is 0 Å². The fourth-order valence-corrected chi connectivity index (χ4v) is 1.84. The SMILES string of the molecule is Clc1ccc(/C=C/c2nnc3ccccc3n2)cc1. The van der Waals surface area contributed by atoms with Crippen LogP contribution in [0.4, 0.5) is 0 Å². The zero-order valence-electron chi connectivity index (χ0n) is 9.99. The van der Waals surface area contributed by atoms with Crippen molar-refractivity contribution in [2.24, 2.45) is 0 Å². The number of hydrogen-bond acceptors (Lipinski definition) is 3. The highest BCUT2D eigenvalue weighted by Crippen LogP contribution is 2.12. The fraction of sp³-hybridized carbons (Fsp3) is 0. The minimum Gasteiger partial charge on any atom is -0.225 e. The lowest BCUT2D eigenvalue weighted by atomic mass is 10.2. The molecule has 0 amide bonds. The molecular formula is C15H10ClN3. The zero-order valence-corrected chi connectivity index (χ0v) is 10.7. The van der Waals surface area contributed by atoms with Crippen LogP contribution in [0.2, 0.25) is 5.02 Å². The first-order valence-corrected chi connectivity index (χ1v) is 6.22. The van der Waals surface area contributed by atoms with Crippen LogP contribution in [0.5, 0.6) is 0 Å². The van der Waals surface area contributed by atoms with Crippen LogP contribution < -0.4 is 0 Å². The Kier molecular flexibility index (Phi) is 3.21. The first-order valence-electron chi connectivity index (χ1n) is 5.84. The third-order valence-corrected chi connectivity index (χ3v) is 2.92. The number of benzene rings is 2. The van der Waals surface area contributed by atoms with Gasteiger partial charge in [0.25, 0.3) is 0 Å². The molecule has 3 aromatic rings. The standard InChI is InChI=1S/C15H10ClN3/c16-12-8-5-11(6-9-12)7-10-15-17-13-3-1-2-4-14(13)18-19-15/h1-10H/b10-7+. The fourth-order valence-electron chi connectivity index (χ4n) is 1.71. The topological polar surface area (TPSA) is 38.7 Å². The highest BCUT2D eigenvalue weighted by molar-refractivity contribution is 6.30. The number of para-hydroxylation sites is 1. The first kappa shape index (κ1) is 11.8. The molecule has 0 N–H and O–H groups in total. The van der Waals surface area contributed by atoms with E-state index in [2.05, 4.69) is 15.2 Å². The molecule has 2 aromatic carbocycles. The molecule has 0 radical (unpaired) electrons. The average molecular weight is 268 g/mol. The van der Waals surface area contributed by atoms with Crippen LogP contribution in [-0.4, -0.2) is 15.2 Å². The van der Waals surface area contributed by atoms with Crippen LogP contribution >= 0.6 is 11.6 Å². The largest absolute Gasteiger partial charge is 0.225 e. The minimum atomic E-state index is 0.591. The second-order valence-corrected chi connectivity index (χ2v) is 4.48. The number of fused-ring (bicyclic) bond motifs is 1. The number of aromatic nitrogens is 3. The summed E-state index contributed by atoms with van der Waals surface area (Å²) in [6.45, 7) is 0. The number of hydrogen-bond donors (Lipinski definition) is 0. The summed E-state index contributed by atoms with van der Waals surface area (Å²) >= 11 is 5.84. The van der Waals surface area contributed by atoms with Crippen molar-refractivity contribution in [3.05, 3.63) is 64.9 Å². The summed E-state index contributed by atoms with van der Waals surface area (Å²) in [7, 11) is 0. The third kappa shape index (κ3) is 2.77. The number of halogens is 1. The number of nitrogens with zero attached hydrogens (tertiary/aromatic N) is 3. The predicted octanol–water partition coefficient (Wildman–Crippen LogP) is 3.85. The molecule has 0 unspecified atom stereocenters. The lowest BCUT2D eigenvalue weighted by molar-refractivity contribution is 1.00. The summed E-state index contributed by atoms with van der Waals surface area (Å²) in [5.41, 5.74) is 2.68. The van der Waals surface area contributed by atoms with E-state index in [1.165, 1.54) is 0 Å². The van der Waals surface area contributed by atoms with Gasteiger partial charge in [-0.05, 0) is 35.9 Å². The van der Waals surface area contributed by atoms with E-state index >= 15 is 0 Å². The average Bonchev–Trinajstić information content (AvgIpc) is 2.46. The molecule has 0 aliphatic carbocycles. The maximum Gasteiger partial charge on any atom is 0.175 e. The van der Waals surface area contributed by atoms with Crippen LogP contribution in [-0.2, 0) is 0 Å². The first-order chi connectivity index (χ1) is 9.31. The van der Waals surface area contributed by atoms with Gasteiger partial charge in [0.1, 0.15) is 5.52 Å². The smallest absolute Gasteiger partial charge is 0.175 e. The van der Waals surface area contributed by atoms with Crippen molar-refractivity contribution >= 4 is 34.8 Å². The van der Waals surface area contributed by atoms with Gasteiger partial charge in [0, 0.05) is 5.02 Å². The second-order valence-electron chi connectivity index (χ2n) is 4.04. The highest BCUT2D eigenvalue weighted by Gasteiger charge is 1.97. The van der Waals surface area contributed by atoms with Gasteiger partial charge in [-0.2, -0.15) is 0 Å². The van der Waals surface area contributed by atoms with Gasteiger partial charge in [0.2, 0.25) is 0 Å². The van der Waals surface area contributed by atoms with Crippen molar-refractivity contribution in [3.8, 4) is 0 Å².